The molecule has 1 aromatic rings. The number of ether oxygens (including phenoxy) is 2. The van der Waals surface area contributed by atoms with Gasteiger partial charge in [-0.25, -0.2) is 0 Å². The number of rotatable bonds is 16. The van der Waals surface area contributed by atoms with Crippen LogP contribution >= 0.6 is 0 Å². The average molecular weight is 473 g/mol. The van der Waals surface area contributed by atoms with Crippen molar-refractivity contribution in [3.05, 3.63) is 35.1 Å². The van der Waals surface area contributed by atoms with Crippen LogP contribution in [0, 0.1) is 0 Å². The highest BCUT2D eigenvalue weighted by Crippen LogP contribution is 2.33. The maximum Gasteiger partial charge on any atom is 0.231 e. The van der Waals surface area contributed by atoms with Crippen molar-refractivity contribution in [2.45, 2.75) is 109 Å². The smallest absolute Gasteiger partial charge is 0.231 e. The molecule has 1 unspecified atom stereocenters. The number of hydrogen-bond donors (Lipinski definition) is 2. The number of Topliss-reactive ketones (excluding diaryl/α,β-unsaturated/α-hetero) is 2. The standard InChI is InChI=1S/C28H40O6/c29-22(27-23(30)16-17-24(31)28(27)32)14-12-10-8-6-4-2-1-3-5-7-9-11-13-21-15-18-25-26(19-21)34-20-33-25/h15,18-19,24,31-32H,1-14,16-17,20H2. The molecule has 0 amide bonds. The fraction of sp³-hybridized carbons (Fsp3) is 0.643. The quantitative estimate of drug-likeness (QED) is 0.222. The Kier molecular flexibility index (Phi) is 10.9. The van der Waals surface area contributed by atoms with E-state index in [-0.39, 0.29) is 36.4 Å². The third-order valence-corrected chi connectivity index (χ3v) is 6.83. The molecule has 1 aliphatic carbocycles. The van der Waals surface area contributed by atoms with Crippen molar-refractivity contribution >= 4 is 11.6 Å². The predicted molar refractivity (Wildman–Crippen MR) is 131 cm³/mol. The van der Waals surface area contributed by atoms with E-state index in [0.717, 1.165) is 37.2 Å². The van der Waals surface area contributed by atoms with Gasteiger partial charge in [-0.2, -0.15) is 0 Å². The molecule has 1 heterocycles. The average Bonchev–Trinajstić information content (AvgIpc) is 3.30. The van der Waals surface area contributed by atoms with Crippen LogP contribution in [0.3, 0.4) is 0 Å². The van der Waals surface area contributed by atoms with E-state index in [0.29, 0.717) is 6.79 Å². The summed E-state index contributed by atoms with van der Waals surface area (Å²) >= 11 is 0. The summed E-state index contributed by atoms with van der Waals surface area (Å²) in [7, 11) is 0. The largest absolute Gasteiger partial charge is 0.509 e. The molecule has 0 radical (unpaired) electrons. The SMILES string of the molecule is O=C(CCCCCCCCCCCCCCc1ccc2c(c1)OCO2)C1=C(O)C(O)CCC1=O. The number of allylic oxidation sites excluding steroid dienone is 1. The zero-order chi connectivity index (χ0) is 24.2. The lowest BCUT2D eigenvalue weighted by atomic mass is 9.89. The van der Waals surface area contributed by atoms with Crippen LogP contribution in [-0.4, -0.2) is 34.7 Å². The van der Waals surface area contributed by atoms with Gasteiger partial charge >= 0.3 is 0 Å². The Balaban J connectivity index is 1.10. The zero-order valence-corrected chi connectivity index (χ0v) is 20.4. The van der Waals surface area contributed by atoms with Gasteiger partial charge in [0.25, 0.3) is 0 Å². The number of carbonyl (C=O) groups excluding carboxylic acids is 2. The van der Waals surface area contributed by atoms with E-state index >= 15 is 0 Å². The summed E-state index contributed by atoms with van der Waals surface area (Å²) in [5, 5.41) is 19.5. The number of unbranched alkanes of at least 4 members (excludes halogenated alkanes) is 11. The van der Waals surface area contributed by atoms with E-state index in [2.05, 4.69) is 12.1 Å². The van der Waals surface area contributed by atoms with Crippen molar-refractivity contribution in [3.63, 3.8) is 0 Å². The van der Waals surface area contributed by atoms with Crippen molar-refractivity contribution in [3.8, 4) is 11.5 Å². The normalized spacial score (nSPS) is 17.4. The molecule has 0 saturated heterocycles. The summed E-state index contributed by atoms with van der Waals surface area (Å²) in [6.07, 6.45) is 14.8. The predicted octanol–water partition coefficient (Wildman–Crippen LogP) is 6.13. The van der Waals surface area contributed by atoms with Crippen molar-refractivity contribution < 1.29 is 29.3 Å². The molecule has 34 heavy (non-hydrogen) atoms. The van der Waals surface area contributed by atoms with Crippen LogP contribution in [0.25, 0.3) is 0 Å². The third-order valence-electron chi connectivity index (χ3n) is 6.83. The van der Waals surface area contributed by atoms with Crippen molar-refractivity contribution in [1.82, 2.24) is 0 Å². The number of aryl methyl sites for hydroxylation is 1. The highest BCUT2D eigenvalue weighted by atomic mass is 16.7. The summed E-state index contributed by atoms with van der Waals surface area (Å²) in [6, 6.07) is 6.24. The van der Waals surface area contributed by atoms with Crippen LogP contribution in [0.2, 0.25) is 0 Å². The molecule has 0 bridgehead atoms. The Morgan fingerprint density at radius 2 is 1.44 bits per heavy atom. The maximum atomic E-state index is 12.2. The molecule has 3 rings (SSSR count). The van der Waals surface area contributed by atoms with Gasteiger partial charge in [0.2, 0.25) is 6.79 Å². The fourth-order valence-electron chi connectivity index (χ4n) is 4.74. The van der Waals surface area contributed by atoms with Gasteiger partial charge < -0.3 is 19.7 Å². The van der Waals surface area contributed by atoms with E-state index < -0.39 is 11.9 Å². The van der Waals surface area contributed by atoms with Gasteiger partial charge in [0, 0.05) is 12.8 Å². The molecule has 188 valence electrons. The van der Waals surface area contributed by atoms with Gasteiger partial charge in [0.1, 0.15) is 17.4 Å². The number of hydrogen-bond acceptors (Lipinski definition) is 6. The molecule has 2 N–H and O–H groups in total. The first-order valence-electron chi connectivity index (χ1n) is 13.1. The Hall–Kier alpha value is -2.34. The van der Waals surface area contributed by atoms with Gasteiger partial charge in [-0.3, -0.25) is 9.59 Å². The van der Waals surface area contributed by atoms with Crippen molar-refractivity contribution in [2.75, 3.05) is 6.79 Å². The first-order chi connectivity index (χ1) is 16.6. The minimum atomic E-state index is -1.07. The van der Waals surface area contributed by atoms with E-state index in [4.69, 9.17) is 9.47 Å². The van der Waals surface area contributed by atoms with Gasteiger partial charge in [-0.1, -0.05) is 70.3 Å². The minimum absolute atomic E-state index is 0.132. The Labute approximate surface area is 203 Å². The lowest BCUT2D eigenvalue weighted by Gasteiger charge is -2.18. The first kappa shape index (κ1) is 26.3. The molecule has 1 aromatic carbocycles. The molecule has 0 aromatic heterocycles. The van der Waals surface area contributed by atoms with E-state index in [9.17, 15) is 19.8 Å². The summed E-state index contributed by atoms with van der Waals surface area (Å²) < 4.78 is 10.8. The van der Waals surface area contributed by atoms with Crippen LogP contribution in [0.1, 0.15) is 102 Å². The summed E-state index contributed by atoms with van der Waals surface area (Å²) in [4.78, 5) is 24.1. The van der Waals surface area contributed by atoms with Gasteiger partial charge in [-0.05, 0) is 43.4 Å². The molecule has 1 aliphatic heterocycles. The molecule has 1 atom stereocenters. The molecule has 0 spiro atoms. The summed E-state index contributed by atoms with van der Waals surface area (Å²) in [5.74, 6) is 0.646. The minimum Gasteiger partial charge on any atom is -0.509 e. The van der Waals surface area contributed by atoms with Gasteiger partial charge in [-0.15, -0.1) is 0 Å². The lowest BCUT2D eigenvalue weighted by molar-refractivity contribution is -0.123. The van der Waals surface area contributed by atoms with Crippen LogP contribution in [0.5, 0.6) is 11.5 Å². The summed E-state index contributed by atoms with van der Waals surface area (Å²) in [5.41, 5.74) is 1.16. The number of aliphatic hydroxyl groups is 2. The van der Waals surface area contributed by atoms with Gasteiger partial charge in [0.05, 0.1) is 0 Å². The van der Waals surface area contributed by atoms with E-state index in [1.54, 1.807) is 0 Å². The van der Waals surface area contributed by atoms with Gasteiger partial charge in [0.15, 0.2) is 23.1 Å². The lowest BCUT2D eigenvalue weighted by Crippen LogP contribution is -2.27. The Morgan fingerprint density at radius 3 is 2.12 bits per heavy atom. The molecule has 0 saturated carbocycles. The summed E-state index contributed by atoms with van der Waals surface area (Å²) in [6.45, 7) is 0.333. The van der Waals surface area contributed by atoms with Crippen molar-refractivity contribution in [1.29, 1.82) is 0 Å². The molecule has 6 heteroatoms. The highest BCUT2D eigenvalue weighted by Gasteiger charge is 2.30. The fourth-order valence-corrected chi connectivity index (χ4v) is 4.74. The third kappa shape index (κ3) is 8.15. The Morgan fingerprint density at radius 1 is 0.853 bits per heavy atom. The number of carbonyl (C=O) groups is 2. The molecule has 2 aliphatic rings. The number of fused-ring (bicyclic) bond motifs is 1. The second-order valence-corrected chi connectivity index (χ2v) is 9.59. The second-order valence-electron chi connectivity index (χ2n) is 9.59. The first-order valence-corrected chi connectivity index (χ1v) is 13.1. The number of benzene rings is 1. The van der Waals surface area contributed by atoms with E-state index in [1.807, 2.05) is 6.07 Å². The highest BCUT2D eigenvalue weighted by molar-refractivity contribution is 6.21. The molecule has 0 fully saturated rings. The van der Waals surface area contributed by atoms with Crippen molar-refractivity contribution in [2.24, 2.45) is 0 Å². The number of ketones is 2. The Bertz CT molecular complexity index is 843. The van der Waals surface area contributed by atoms with Crippen LogP contribution in [0.15, 0.2) is 29.5 Å². The zero-order valence-electron chi connectivity index (χ0n) is 20.4. The molecular weight excluding hydrogens is 432 g/mol. The molecular formula is C28H40O6. The topological polar surface area (TPSA) is 93.1 Å². The molecule has 6 nitrogen and oxygen atoms in total. The second kappa shape index (κ2) is 14.1. The maximum absolute atomic E-state index is 12.2. The van der Waals surface area contributed by atoms with Crippen LogP contribution < -0.4 is 9.47 Å². The van der Waals surface area contributed by atoms with E-state index in [1.165, 1.54) is 63.4 Å². The monoisotopic (exact) mass is 472 g/mol. The van der Waals surface area contributed by atoms with Crippen LogP contribution in [0.4, 0.5) is 0 Å². The number of aliphatic hydroxyl groups excluding tert-OH is 2. The van der Waals surface area contributed by atoms with Crippen LogP contribution in [-0.2, 0) is 16.0 Å².